The number of rotatable bonds is 11. The van der Waals surface area contributed by atoms with Gasteiger partial charge < -0.3 is 39.7 Å². The number of alkyl halides is 15. The van der Waals surface area contributed by atoms with Crippen LogP contribution in [0.5, 0.6) is 0 Å². The summed E-state index contributed by atoms with van der Waals surface area (Å²) in [6.07, 6.45) is -23.9. The summed E-state index contributed by atoms with van der Waals surface area (Å²) in [5.74, 6) is -6.98. The number of nitrogens with zero attached hydrogens (tertiary/aromatic N) is 15. The average Bonchev–Trinajstić information content (AvgIpc) is 1.64. The van der Waals surface area contributed by atoms with Gasteiger partial charge in [-0.15, -0.1) is 0 Å². The van der Waals surface area contributed by atoms with Gasteiger partial charge in [-0.3, -0.25) is 14.4 Å². The van der Waals surface area contributed by atoms with E-state index >= 15 is 0 Å². The number of anilines is 1. The van der Waals surface area contributed by atoms with Crippen molar-refractivity contribution in [3.63, 3.8) is 0 Å². The number of nitrogens with one attached hydrogen (secondary N) is 1. The van der Waals surface area contributed by atoms with E-state index in [0.717, 1.165) is 32.8 Å². The summed E-state index contributed by atoms with van der Waals surface area (Å²) in [5.41, 5.74) is -4.43. The molecule has 558 valence electrons. The molecular weight excluding hydrogens is 1430 g/mol. The molecule has 3 N–H and O–H groups in total. The Morgan fingerprint density at radius 1 is 0.614 bits per heavy atom. The number of aromatic amines is 1. The number of halogens is 16. The van der Waals surface area contributed by atoms with E-state index in [1.807, 2.05) is 0 Å². The summed E-state index contributed by atoms with van der Waals surface area (Å²) in [6, 6.07) is 2.66. The van der Waals surface area contributed by atoms with Crippen molar-refractivity contribution in [3.8, 4) is 12.1 Å². The van der Waals surface area contributed by atoms with E-state index in [0.29, 0.717) is 6.61 Å². The monoisotopic (exact) mass is 1500 g/mol. The molecule has 2 atom stereocenters. The molecule has 6 rings (SSSR count). The molecule has 0 aliphatic carbocycles. The Morgan fingerprint density at radius 2 is 1.00 bits per heavy atom. The van der Waals surface area contributed by atoms with E-state index in [4.69, 9.17) is 32.6 Å². The number of fused-ring (bicyclic) bond motifs is 2. The van der Waals surface area contributed by atoms with Crippen LogP contribution in [0.2, 0.25) is 5.15 Å². The number of hydrogen-bond donors (Lipinski definition) is 2. The molecule has 0 saturated carbocycles. The van der Waals surface area contributed by atoms with Crippen LogP contribution in [0, 0.1) is 28.6 Å². The number of aromatic nitrogens is 12. The van der Waals surface area contributed by atoms with Crippen LogP contribution >= 0.6 is 11.6 Å². The number of esters is 4. The molecule has 0 radical (unpaired) electrons. The number of carbonyl (C=O) groups excluding carboxylic acids is 4. The number of aliphatic imine (C=N–C) groups is 1. The molecule has 0 spiro atoms. The maximum atomic E-state index is 13.3. The zero-order valence-electron chi connectivity index (χ0n) is 57.8. The molecule has 0 saturated heterocycles. The molecular formula is C57H72ClF15N17NaO10. The van der Waals surface area contributed by atoms with Crippen molar-refractivity contribution in [2.45, 2.75) is 176 Å². The maximum Gasteiger partial charge on any atom is 1.00 e. The summed E-state index contributed by atoms with van der Waals surface area (Å²) >= 11 is 5.73. The molecule has 44 heteroatoms. The second-order valence-corrected chi connectivity index (χ2v) is 24.4. The van der Waals surface area contributed by atoms with Crippen LogP contribution in [0.3, 0.4) is 0 Å². The predicted molar refractivity (Wildman–Crippen MR) is 324 cm³/mol. The van der Waals surface area contributed by atoms with Gasteiger partial charge in [0.15, 0.2) is 39.9 Å². The van der Waals surface area contributed by atoms with E-state index in [9.17, 15) is 94.9 Å². The second kappa shape index (κ2) is 36.5. The van der Waals surface area contributed by atoms with Gasteiger partial charge in [0, 0.05) is 14.1 Å². The van der Waals surface area contributed by atoms with Gasteiger partial charge in [0.25, 0.3) is 5.56 Å². The zero-order chi connectivity index (χ0) is 78.2. The fraction of sp³-hybridized carbons (Fsp3) is 0.596. The van der Waals surface area contributed by atoms with E-state index in [2.05, 4.69) is 59.5 Å². The molecule has 0 amide bonds. The van der Waals surface area contributed by atoms with Gasteiger partial charge in [0.2, 0.25) is 0 Å². The Morgan fingerprint density at radius 3 is 1.38 bits per heavy atom. The van der Waals surface area contributed by atoms with Gasteiger partial charge >= 0.3 is 84.3 Å². The number of nitrogens with two attached hydrogens (primary N) is 1. The van der Waals surface area contributed by atoms with Gasteiger partial charge in [0.1, 0.15) is 46.2 Å². The molecule has 0 aliphatic rings. The number of hydrogen-bond acceptors (Lipinski definition) is 21. The SMILES string of the molecule is CC(C)(C)n1nc(C(F)(F)F)c2c(=O)[nH]cnc21.CC(C)(C)n1nc(C(F)(F)F)c2c(Cl)ncnc21.CCOC(=O)C(C#N)C([O-])C(F)(F)F.CCOC(=O)CC#N.CCOC(=O)c1c(C(F)(F)F)nn(C(C)(C)C)c1N.CCOC(=O)c1c(C(F)(F)F)nn(C(C)(C)C)c1N=CN(C)C.[Na+]. The minimum Gasteiger partial charge on any atom is -0.844 e. The minimum atomic E-state index is -5.12. The number of H-pyrrole nitrogens is 1. The summed E-state index contributed by atoms with van der Waals surface area (Å²) in [5, 5.41) is 39.7. The average molecular weight is 1500 g/mol. The molecule has 6 heterocycles. The third-order valence-corrected chi connectivity index (χ3v) is 11.8. The van der Waals surface area contributed by atoms with Crippen LogP contribution in [0.25, 0.3) is 22.1 Å². The third kappa shape index (κ3) is 26.2. The van der Waals surface area contributed by atoms with Crippen LogP contribution in [0.4, 0.5) is 77.5 Å². The van der Waals surface area contributed by atoms with Gasteiger partial charge in [0.05, 0.1) is 78.8 Å². The Kier molecular flexibility index (Phi) is 33.5. The molecule has 2 unspecified atom stereocenters. The maximum absolute atomic E-state index is 13.3. The quantitative estimate of drug-likeness (QED) is 0.0235. The van der Waals surface area contributed by atoms with E-state index in [-0.39, 0.29) is 89.3 Å². The van der Waals surface area contributed by atoms with E-state index in [1.165, 1.54) is 31.8 Å². The third-order valence-electron chi connectivity index (χ3n) is 11.5. The Bertz CT molecular complexity index is 3950. The Labute approximate surface area is 593 Å². The van der Waals surface area contributed by atoms with Crippen molar-refractivity contribution in [2.75, 3.05) is 46.3 Å². The van der Waals surface area contributed by atoms with Gasteiger partial charge in [-0.25, -0.2) is 48.3 Å². The molecule has 101 heavy (non-hydrogen) atoms. The fourth-order valence-corrected chi connectivity index (χ4v) is 7.67. The van der Waals surface area contributed by atoms with Gasteiger partial charge in [-0.2, -0.15) is 96.8 Å². The van der Waals surface area contributed by atoms with Crippen molar-refractivity contribution in [1.82, 2.24) is 64.0 Å². The van der Waals surface area contributed by atoms with Crippen LogP contribution < -0.4 is 46.0 Å². The summed E-state index contributed by atoms with van der Waals surface area (Å²) in [4.78, 5) is 75.0. The van der Waals surface area contributed by atoms with Crippen molar-refractivity contribution in [3.05, 3.63) is 62.1 Å². The van der Waals surface area contributed by atoms with Crippen molar-refractivity contribution >= 4 is 75.5 Å². The summed E-state index contributed by atoms with van der Waals surface area (Å²) < 4.78 is 214. The Balaban J connectivity index is 0.00000121. The first kappa shape index (κ1) is 92.6. The predicted octanol–water partition coefficient (Wildman–Crippen LogP) is 8.07. The first-order valence-electron chi connectivity index (χ1n) is 28.8. The first-order valence-corrected chi connectivity index (χ1v) is 29.2. The van der Waals surface area contributed by atoms with Crippen molar-refractivity contribution < 1.29 is 139 Å². The second-order valence-electron chi connectivity index (χ2n) is 24.1. The molecule has 27 nitrogen and oxygen atoms in total. The molecule has 6 aromatic heterocycles. The molecule has 0 aromatic carbocycles. The largest absolute Gasteiger partial charge is 1.00 e. The van der Waals surface area contributed by atoms with Gasteiger partial charge in [-0.05, 0) is 117 Å². The molecule has 0 aliphatic heterocycles. The zero-order valence-corrected chi connectivity index (χ0v) is 60.6. The van der Waals surface area contributed by atoms with Crippen LogP contribution in [0.1, 0.15) is 161 Å². The van der Waals surface area contributed by atoms with E-state index in [1.54, 1.807) is 115 Å². The van der Waals surface area contributed by atoms with Gasteiger partial charge in [-0.1, -0.05) is 11.6 Å². The van der Waals surface area contributed by atoms with Crippen molar-refractivity contribution in [2.24, 2.45) is 10.9 Å². The molecule has 0 fully saturated rings. The fourth-order valence-electron chi connectivity index (χ4n) is 7.45. The normalized spacial score (nSPS) is 12.7. The summed E-state index contributed by atoms with van der Waals surface area (Å²) in [6.45, 7) is 26.3. The minimum absolute atomic E-state index is 0. The molecule has 0 bridgehead atoms. The topological polar surface area (TPSA) is 360 Å². The van der Waals surface area contributed by atoms with Crippen molar-refractivity contribution in [1.29, 1.82) is 10.5 Å². The smallest absolute Gasteiger partial charge is 0.844 e. The number of carbonyl (C=O) groups is 4. The summed E-state index contributed by atoms with van der Waals surface area (Å²) in [7, 11) is 3.33. The standard InChI is InChI=1S/C14H21F3N4O2.C11H16F3N3O2.C10H10ClF3N4.C10H11F3N4O.C7H7F3NO3.C5H7NO2.Na/c1-7-23-12(22)9-10(14(15,16)17)19-21(13(2,3)4)11(9)18-8-20(5)6;1-5-19-9(18)6-7(11(12,13)14)16-17(8(6)15)10(2,3)4;1-9(2,3)18-8-5(7(11)15-4-16-8)6(17-18)10(12,13)14;1-9(2,3)17-7-5(8(18)15-4-14-7)6(16-17)10(11,12)13;1-2-14-6(13)4(3-11)5(12)7(8,9)10;1-2-8-5(7)3-4-6;/h8H,7H2,1-6H3;5,15H2,1-4H3;4H,1-3H3;4H,1-3H3,(H,14,15,18);4-5H,2H2,1H3;2-3H2,1H3;/q;;;;-1;;+1. The van der Waals surface area contributed by atoms with Crippen LogP contribution in [0.15, 0.2) is 22.4 Å². The number of ether oxygens (including phenoxy) is 4. The van der Waals surface area contributed by atoms with E-state index < -0.39 is 134 Å². The molecule has 6 aromatic rings. The number of nitrogen functional groups attached to an aromatic ring is 1. The number of nitriles is 2. The van der Waals surface area contributed by atoms with Crippen LogP contribution in [-0.4, -0.2) is 147 Å². The Hall–Kier alpha value is -8.35. The first-order chi connectivity index (χ1) is 45.3. The van der Waals surface area contributed by atoms with Crippen LogP contribution in [-0.2, 0) is 75.4 Å².